The molecule has 134 valence electrons. The highest BCUT2D eigenvalue weighted by molar-refractivity contribution is 6.09. The molecular formula is C20H21N3O3. The second-order valence-corrected chi connectivity index (χ2v) is 6.64. The van der Waals surface area contributed by atoms with Crippen LogP contribution in [0.4, 0.5) is 0 Å². The molecule has 0 unspecified atom stereocenters. The maximum atomic E-state index is 12.8. The number of benzene rings is 1. The normalized spacial score (nSPS) is 15.5. The van der Waals surface area contributed by atoms with Crippen molar-refractivity contribution in [1.29, 1.82) is 0 Å². The van der Waals surface area contributed by atoms with Gasteiger partial charge in [-0.05, 0) is 18.2 Å². The highest BCUT2D eigenvalue weighted by Crippen LogP contribution is 2.21. The number of furan rings is 1. The fourth-order valence-corrected chi connectivity index (χ4v) is 3.52. The van der Waals surface area contributed by atoms with E-state index in [1.807, 2.05) is 42.1 Å². The van der Waals surface area contributed by atoms with Gasteiger partial charge in [0.2, 0.25) is 0 Å². The molecule has 0 atom stereocenters. The SMILES string of the molecule is Cn1cc(C(=O)CN2CCN(C(=O)c3ccco3)CC2)c2ccccc21. The van der Waals surface area contributed by atoms with Crippen molar-refractivity contribution >= 4 is 22.6 Å². The Kier molecular flexibility index (Phi) is 4.34. The summed E-state index contributed by atoms with van der Waals surface area (Å²) in [6.07, 6.45) is 3.41. The van der Waals surface area contributed by atoms with Crippen LogP contribution in [0.1, 0.15) is 20.9 Å². The van der Waals surface area contributed by atoms with E-state index in [0.717, 1.165) is 16.5 Å². The van der Waals surface area contributed by atoms with E-state index in [-0.39, 0.29) is 11.7 Å². The molecule has 0 saturated carbocycles. The van der Waals surface area contributed by atoms with Gasteiger partial charge in [-0.3, -0.25) is 14.5 Å². The predicted molar refractivity (Wildman–Crippen MR) is 98.3 cm³/mol. The van der Waals surface area contributed by atoms with Gasteiger partial charge < -0.3 is 13.9 Å². The van der Waals surface area contributed by atoms with E-state index < -0.39 is 0 Å². The molecule has 1 amide bonds. The number of fused-ring (bicyclic) bond motifs is 1. The van der Waals surface area contributed by atoms with Gasteiger partial charge in [-0.1, -0.05) is 18.2 Å². The zero-order valence-corrected chi connectivity index (χ0v) is 14.7. The smallest absolute Gasteiger partial charge is 0.289 e. The van der Waals surface area contributed by atoms with Crippen LogP contribution in [0.3, 0.4) is 0 Å². The minimum absolute atomic E-state index is 0.0879. The van der Waals surface area contributed by atoms with Crippen molar-refractivity contribution in [2.24, 2.45) is 7.05 Å². The highest BCUT2D eigenvalue weighted by atomic mass is 16.3. The number of hydrogen-bond acceptors (Lipinski definition) is 4. The predicted octanol–water partition coefficient (Wildman–Crippen LogP) is 2.41. The number of hydrogen-bond donors (Lipinski definition) is 0. The summed E-state index contributed by atoms with van der Waals surface area (Å²) in [5, 5.41) is 0.992. The maximum Gasteiger partial charge on any atom is 0.289 e. The van der Waals surface area contributed by atoms with Gasteiger partial charge in [0.1, 0.15) is 0 Å². The Morgan fingerprint density at radius 3 is 2.54 bits per heavy atom. The van der Waals surface area contributed by atoms with Gasteiger partial charge in [0.25, 0.3) is 5.91 Å². The first-order chi connectivity index (χ1) is 12.6. The number of nitrogens with zero attached hydrogens (tertiary/aromatic N) is 3. The van der Waals surface area contributed by atoms with E-state index in [1.54, 1.807) is 17.0 Å². The Labute approximate surface area is 151 Å². The fourth-order valence-electron chi connectivity index (χ4n) is 3.52. The molecule has 3 heterocycles. The van der Waals surface area contributed by atoms with Crippen LogP contribution in [0.15, 0.2) is 53.3 Å². The summed E-state index contributed by atoms with van der Waals surface area (Å²) in [5.74, 6) is 0.396. The van der Waals surface area contributed by atoms with E-state index in [0.29, 0.717) is 38.5 Å². The summed E-state index contributed by atoms with van der Waals surface area (Å²) in [6, 6.07) is 11.3. The lowest BCUT2D eigenvalue weighted by Gasteiger charge is -2.33. The molecule has 26 heavy (non-hydrogen) atoms. The topological polar surface area (TPSA) is 58.7 Å². The lowest BCUT2D eigenvalue weighted by Crippen LogP contribution is -2.49. The largest absolute Gasteiger partial charge is 0.459 e. The van der Waals surface area contributed by atoms with Crippen molar-refractivity contribution < 1.29 is 14.0 Å². The zero-order valence-electron chi connectivity index (χ0n) is 14.7. The summed E-state index contributed by atoms with van der Waals surface area (Å²) in [4.78, 5) is 29.0. The first-order valence-corrected chi connectivity index (χ1v) is 8.76. The number of aromatic nitrogens is 1. The van der Waals surface area contributed by atoms with E-state index >= 15 is 0 Å². The van der Waals surface area contributed by atoms with Crippen LogP contribution < -0.4 is 0 Å². The fraction of sp³-hybridized carbons (Fsp3) is 0.300. The average Bonchev–Trinajstić information content (AvgIpc) is 3.31. The van der Waals surface area contributed by atoms with Crippen LogP contribution in [0.25, 0.3) is 10.9 Å². The van der Waals surface area contributed by atoms with E-state index in [1.165, 1.54) is 6.26 Å². The molecule has 0 aliphatic carbocycles. The van der Waals surface area contributed by atoms with E-state index in [9.17, 15) is 9.59 Å². The van der Waals surface area contributed by atoms with Gasteiger partial charge in [0.15, 0.2) is 11.5 Å². The van der Waals surface area contributed by atoms with Crippen LogP contribution >= 0.6 is 0 Å². The van der Waals surface area contributed by atoms with Crippen molar-refractivity contribution in [3.05, 3.63) is 60.2 Å². The Balaban J connectivity index is 1.40. The molecule has 1 aromatic carbocycles. The minimum atomic E-state index is -0.0879. The summed E-state index contributed by atoms with van der Waals surface area (Å²) < 4.78 is 7.17. The molecule has 4 rings (SSSR count). The molecule has 1 aliphatic rings. The van der Waals surface area contributed by atoms with Crippen molar-refractivity contribution in [3.8, 4) is 0 Å². The summed E-state index contributed by atoms with van der Waals surface area (Å²) in [6.45, 7) is 2.94. The zero-order chi connectivity index (χ0) is 18.1. The number of carbonyl (C=O) groups is 2. The quantitative estimate of drug-likeness (QED) is 0.678. The molecule has 1 fully saturated rings. The van der Waals surface area contributed by atoms with Gasteiger partial charge in [0.05, 0.1) is 12.8 Å². The Hall–Kier alpha value is -2.86. The van der Waals surface area contributed by atoms with Crippen molar-refractivity contribution in [2.75, 3.05) is 32.7 Å². The number of piperazine rings is 1. The second-order valence-electron chi connectivity index (χ2n) is 6.64. The highest BCUT2D eigenvalue weighted by Gasteiger charge is 2.25. The third-order valence-corrected chi connectivity index (χ3v) is 4.96. The van der Waals surface area contributed by atoms with E-state index in [4.69, 9.17) is 4.42 Å². The lowest BCUT2D eigenvalue weighted by molar-refractivity contribution is 0.0596. The molecule has 0 radical (unpaired) electrons. The Morgan fingerprint density at radius 1 is 1.04 bits per heavy atom. The summed E-state index contributed by atoms with van der Waals surface area (Å²) >= 11 is 0. The van der Waals surface area contributed by atoms with Crippen LogP contribution in [-0.2, 0) is 7.05 Å². The lowest BCUT2D eigenvalue weighted by atomic mass is 10.1. The molecule has 1 aliphatic heterocycles. The standard InChI is InChI=1S/C20H21N3O3/c1-21-13-16(15-5-2-3-6-17(15)21)18(24)14-22-8-10-23(11-9-22)20(25)19-7-4-12-26-19/h2-7,12-13H,8-11,14H2,1H3. The average molecular weight is 351 g/mol. The van der Waals surface area contributed by atoms with Crippen molar-refractivity contribution in [1.82, 2.24) is 14.4 Å². The van der Waals surface area contributed by atoms with Gasteiger partial charge >= 0.3 is 0 Å². The Morgan fingerprint density at radius 2 is 1.81 bits per heavy atom. The third kappa shape index (κ3) is 3.04. The molecule has 3 aromatic rings. The molecule has 2 aromatic heterocycles. The number of amides is 1. The van der Waals surface area contributed by atoms with Crippen LogP contribution in [0, 0.1) is 0 Å². The molecular weight excluding hydrogens is 330 g/mol. The number of para-hydroxylation sites is 1. The number of aryl methyl sites for hydroxylation is 1. The van der Waals surface area contributed by atoms with Gasteiger partial charge in [-0.15, -0.1) is 0 Å². The second kappa shape index (κ2) is 6.80. The summed E-state index contributed by atoms with van der Waals surface area (Å²) in [5.41, 5.74) is 1.82. The first-order valence-electron chi connectivity index (χ1n) is 8.76. The molecule has 6 heteroatoms. The van der Waals surface area contributed by atoms with Gasteiger partial charge in [0, 0.05) is 55.9 Å². The Bertz CT molecular complexity index is 935. The number of carbonyl (C=O) groups excluding carboxylic acids is 2. The maximum absolute atomic E-state index is 12.8. The molecule has 0 N–H and O–H groups in total. The number of ketones is 1. The first kappa shape index (κ1) is 16.6. The van der Waals surface area contributed by atoms with Crippen LogP contribution in [-0.4, -0.2) is 58.8 Å². The van der Waals surface area contributed by atoms with Crippen LogP contribution in [0.5, 0.6) is 0 Å². The molecule has 6 nitrogen and oxygen atoms in total. The number of Topliss-reactive ketones (excluding diaryl/α,β-unsaturated/α-hetero) is 1. The van der Waals surface area contributed by atoms with Gasteiger partial charge in [-0.2, -0.15) is 0 Å². The minimum Gasteiger partial charge on any atom is -0.459 e. The van der Waals surface area contributed by atoms with Gasteiger partial charge in [-0.25, -0.2) is 0 Å². The van der Waals surface area contributed by atoms with Crippen molar-refractivity contribution in [3.63, 3.8) is 0 Å². The molecule has 1 saturated heterocycles. The molecule has 0 bridgehead atoms. The summed E-state index contributed by atoms with van der Waals surface area (Å²) in [7, 11) is 1.96. The molecule has 0 spiro atoms. The third-order valence-electron chi connectivity index (χ3n) is 4.96. The number of rotatable bonds is 4. The monoisotopic (exact) mass is 351 g/mol. The van der Waals surface area contributed by atoms with Crippen LogP contribution in [0.2, 0.25) is 0 Å². The van der Waals surface area contributed by atoms with Crippen molar-refractivity contribution in [2.45, 2.75) is 0 Å². The van der Waals surface area contributed by atoms with E-state index in [2.05, 4.69) is 4.90 Å².